The second-order valence-corrected chi connectivity index (χ2v) is 7.84. The number of carbonyl (C=O) groups excluding carboxylic acids is 1. The Balaban J connectivity index is 1.92. The zero-order chi connectivity index (χ0) is 16.9. The van der Waals surface area contributed by atoms with Crippen LogP contribution in [0.15, 0.2) is 24.3 Å². The molecule has 0 radical (unpaired) electrons. The van der Waals surface area contributed by atoms with Gasteiger partial charge in [0.25, 0.3) is 0 Å². The van der Waals surface area contributed by atoms with E-state index in [1.165, 1.54) is 0 Å². The summed E-state index contributed by atoms with van der Waals surface area (Å²) in [6.45, 7) is 5.99. The number of likely N-dealkylation sites (N-methyl/N-ethyl adjacent to an activating group) is 1. The number of carbonyl (C=O) groups is 1. The molecule has 0 bridgehead atoms. The molecule has 7 heteroatoms. The number of benzene rings is 1. The summed E-state index contributed by atoms with van der Waals surface area (Å²) in [6, 6.07) is 6.65. The van der Waals surface area contributed by atoms with Gasteiger partial charge in [0.2, 0.25) is 10.0 Å². The molecule has 0 unspecified atom stereocenters. The summed E-state index contributed by atoms with van der Waals surface area (Å²) < 4.78 is 26.0. The standard InChI is InChI=1S/C16H25N3O3S/c1-3-12-23(21,22)17-15-6-4-14(5-7-15)16(20)13-19-10-8-18(2)9-11-19/h4-7,17H,3,8-13H2,1-2H3. The first-order valence-corrected chi connectivity index (χ1v) is 9.59. The summed E-state index contributed by atoms with van der Waals surface area (Å²) in [6.07, 6.45) is 0.566. The average molecular weight is 339 g/mol. The summed E-state index contributed by atoms with van der Waals surface area (Å²) in [5.74, 6) is 0.161. The molecule has 0 atom stereocenters. The van der Waals surface area contributed by atoms with E-state index in [9.17, 15) is 13.2 Å². The van der Waals surface area contributed by atoms with Crippen LogP contribution < -0.4 is 4.72 Å². The fourth-order valence-electron chi connectivity index (χ4n) is 2.52. The maximum Gasteiger partial charge on any atom is 0.232 e. The van der Waals surface area contributed by atoms with E-state index in [1.807, 2.05) is 6.92 Å². The quantitative estimate of drug-likeness (QED) is 0.758. The minimum Gasteiger partial charge on any atom is -0.304 e. The topological polar surface area (TPSA) is 69.7 Å². The minimum atomic E-state index is -3.29. The zero-order valence-corrected chi connectivity index (χ0v) is 14.6. The number of anilines is 1. The van der Waals surface area contributed by atoms with Crippen molar-refractivity contribution in [2.24, 2.45) is 0 Å². The van der Waals surface area contributed by atoms with Crippen molar-refractivity contribution in [3.8, 4) is 0 Å². The van der Waals surface area contributed by atoms with E-state index < -0.39 is 10.0 Å². The number of rotatable bonds is 7. The number of piperazine rings is 1. The molecule has 1 N–H and O–H groups in total. The van der Waals surface area contributed by atoms with Gasteiger partial charge >= 0.3 is 0 Å². The van der Waals surface area contributed by atoms with Crippen molar-refractivity contribution in [2.75, 3.05) is 50.2 Å². The molecule has 0 aliphatic carbocycles. The van der Waals surface area contributed by atoms with E-state index in [4.69, 9.17) is 0 Å². The van der Waals surface area contributed by atoms with Gasteiger partial charge in [-0.05, 0) is 37.7 Å². The summed E-state index contributed by atoms with van der Waals surface area (Å²) in [5, 5.41) is 0. The van der Waals surface area contributed by atoms with E-state index >= 15 is 0 Å². The van der Waals surface area contributed by atoms with Gasteiger partial charge in [0.05, 0.1) is 12.3 Å². The summed E-state index contributed by atoms with van der Waals surface area (Å²) in [7, 11) is -1.21. The minimum absolute atomic E-state index is 0.0671. The lowest BCUT2D eigenvalue weighted by molar-refractivity contribution is 0.0876. The molecule has 1 aromatic carbocycles. The smallest absolute Gasteiger partial charge is 0.232 e. The van der Waals surface area contributed by atoms with Gasteiger partial charge in [-0.25, -0.2) is 8.42 Å². The Kier molecular flexibility index (Phi) is 6.15. The lowest BCUT2D eigenvalue weighted by atomic mass is 10.1. The van der Waals surface area contributed by atoms with Crippen molar-refractivity contribution < 1.29 is 13.2 Å². The Morgan fingerprint density at radius 1 is 1.13 bits per heavy atom. The van der Waals surface area contributed by atoms with Gasteiger partial charge in [0, 0.05) is 37.4 Å². The molecule has 1 aliphatic rings. The van der Waals surface area contributed by atoms with E-state index in [1.54, 1.807) is 24.3 Å². The second-order valence-electron chi connectivity index (χ2n) is 6.00. The maximum absolute atomic E-state index is 12.3. The Hall–Kier alpha value is -1.44. The molecule has 23 heavy (non-hydrogen) atoms. The third-order valence-corrected chi connectivity index (χ3v) is 5.41. The van der Waals surface area contributed by atoms with Crippen LogP contribution in [0.2, 0.25) is 0 Å². The molecule has 1 heterocycles. The van der Waals surface area contributed by atoms with Crippen molar-refractivity contribution in [1.82, 2.24) is 9.80 Å². The highest BCUT2D eigenvalue weighted by atomic mass is 32.2. The summed E-state index contributed by atoms with van der Waals surface area (Å²) in [4.78, 5) is 16.7. The monoisotopic (exact) mass is 339 g/mol. The lowest BCUT2D eigenvalue weighted by Crippen LogP contribution is -2.46. The zero-order valence-electron chi connectivity index (χ0n) is 13.8. The number of sulfonamides is 1. The lowest BCUT2D eigenvalue weighted by Gasteiger charge is -2.31. The molecule has 2 rings (SSSR count). The molecule has 1 fully saturated rings. The largest absolute Gasteiger partial charge is 0.304 e. The highest BCUT2D eigenvalue weighted by Crippen LogP contribution is 2.13. The van der Waals surface area contributed by atoms with Gasteiger partial charge in [0.1, 0.15) is 0 Å². The number of nitrogens with zero attached hydrogens (tertiary/aromatic N) is 2. The SMILES string of the molecule is CCCS(=O)(=O)Nc1ccc(C(=O)CN2CCN(C)CC2)cc1. The fourth-order valence-corrected chi connectivity index (χ4v) is 3.66. The van der Waals surface area contributed by atoms with Crippen LogP contribution in [0.25, 0.3) is 0 Å². The molecule has 0 saturated carbocycles. The van der Waals surface area contributed by atoms with Gasteiger partial charge in [0.15, 0.2) is 5.78 Å². The Labute approximate surface area is 138 Å². The van der Waals surface area contributed by atoms with Crippen LogP contribution in [-0.2, 0) is 10.0 Å². The van der Waals surface area contributed by atoms with E-state index in [0.717, 1.165) is 26.2 Å². The number of nitrogens with one attached hydrogen (secondary N) is 1. The van der Waals surface area contributed by atoms with Crippen molar-refractivity contribution in [3.63, 3.8) is 0 Å². The van der Waals surface area contributed by atoms with Crippen molar-refractivity contribution in [1.29, 1.82) is 0 Å². The van der Waals surface area contributed by atoms with Crippen LogP contribution in [0.1, 0.15) is 23.7 Å². The van der Waals surface area contributed by atoms with Gasteiger partial charge in [-0.15, -0.1) is 0 Å². The van der Waals surface area contributed by atoms with Crippen molar-refractivity contribution in [2.45, 2.75) is 13.3 Å². The first-order valence-electron chi connectivity index (χ1n) is 7.94. The molecular formula is C16H25N3O3S. The highest BCUT2D eigenvalue weighted by Gasteiger charge is 2.17. The van der Waals surface area contributed by atoms with E-state index in [2.05, 4.69) is 21.6 Å². The van der Waals surface area contributed by atoms with Crippen molar-refractivity contribution in [3.05, 3.63) is 29.8 Å². The average Bonchev–Trinajstić information content (AvgIpc) is 2.49. The van der Waals surface area contributed by atoms with Gasteiger partial charge in [-0.3, -0.25) is 14.4 Å². The molecule has 0 aromatic heterocycles. The van der Waals surface area contributed by atoms with E-state index in [-0.39, 0.29) is 11.5 Å². The Morgan fingerprint density at radius 2 is 1.74 bits per heavy atom. The predicted octanol–water partition coefficient (Wildman–Crippen LogP) is 1.27. The Bertz CT molecular complexity index is 620. The first kappa shape index (κ1) is 17.9. The van der Waals surface area contributed by atoms with Crippen LogP contribution in [0, 0.1) is 0 Å². The molecular weight excluding hydrogens is 314 g/mol. The van der Waals surface area contributed by atoms with Crippen LogP contribution in [0.5, 0.6) is 0 Å². The second kappa shape index (κ2) is 7.90. The van der Waals surface area contributed by atoms with E-state index in [0.29, 0.717) is 24.2 Å². The molecule has 6 nitrogen and oxygen atoms in total. The van der Waals surface area contributed by atoms with Crippen LogP contribution in [0.4, 0.5) is 5.69 Å². The normalized spacial score (nSPS) is 17.1. The number of ketones is 1. The van der Waals surface area contributed by atoms with Crippen LogP contribution in [0.3, 0.4) is 0 Å². The predicted molar refractivity (Wildman–Crippen MR) is 92.4 cm³/mol. The molecule has 128 valence electrons. The Morgan fingerprint density at radius 3 is 2.30 bits per heavy atom. The van der Waals surface area contributed by atoms with Gasteiger partial charge in [-0.2, -0.15) is 0 Å². The fraction of sp³-hybridized carbons (Fsp3) is 0.562. The summed E-state index contributed by atoms with van der Waals surface area (Å²) >= 11 is 0. The number of hydrogen-bond acceptors (Lipinski definition) is 5. The molecule has 1 saturated heterocycles. The van der Waals surface area contributed by atoms with Crippen LogP contribution >= 0.6 is 0 Å². The number of hydrogen-bond donors (Lipinski definition) is 1. The molecule has 0 amide bonds. The molecule has 1 aliphatic heterocycles. The summed E-state index contributed by atoms with van der Waals surface area (Å²) in [5.41, 5.74) is 1.11. The molecule has 1 aromatic rings. The van der Waals surface area contributed by atoms with Gasteiger partial charge in [-0.1, -0.05) is 6.92 Å². The third-order valence-electron chi connectivity index (χ3n) is 3.92. The maximum atomic E-state index is 12.3. The van der Waals surface area contributed by atoms with Crippen LogP contribution in [-0.4, -0.2) is 69.5 Å². The molecule has 0 spiro atoms. The first-order chi connectivity index (χ1) is 10.9. The van der Waals surface area contributed by atoms with Crippen molar-refractivity contribution >= 4 is 21.5 Å². The third kappa shape index (κ3) is 5.60. The highest BCUT2D eigenvalue weighted by molar-refractivity contribution is 7.92. The number of Topliss-reactive ketones (excluding diaryl/α,β-unsaturated/α-hetero) is 1. The van der Waals surface area contributed by atoms with Gasteiger partial charge < -0.3 is 4.90 Å².